The Morgan fingerprint density at radius 3 is 1.37 bits per heavy atom. The number of anilines is 3. The summed E-state index contributed by atoms with van der Waals surface area (Å²) in [5.41, 5.74) is 11.6. The van der Waals surface area contributed by atoms with Crippen molar-refractivity contribution in [3.63, 3.8) is 0 Å². The molecule has 0 fully saturated rings. The summed E-state index contributed by atoms with van der Waals surface area (Å²) in [4.78, 5) is 6.52. The molecule has 0 saturated carbocycles. The fourth-order valence-electron chi connectivity index (χ4n) is 5.80. The van der Waals surface area contributed by atoms with Gasteiger partial charge in [0.1, 0.15) is 0 Å². The van der Waals surface area contributed by atoms with E-state index < -0.39 is 0 Å². The molecule has 1 heterocycles. The van der Waals surface area contributed by atoms with Gasteiger partial charge in [-0.3, -0.25) is 0 Å². The molecule has 0 saturated heterocycles. The van der Waals surface area contributed by atoms with E-state index in [1.807, 2.05) is 18.2 Å². The summed E-state index contributed by atoms with van der Waals surface area (Å²) in [5, 5.41) is 0. The van der Waals surface area contributed by atoms with E-state index in [0.717, 1.165) is 5.56 Å². The third kappa shape index (κ3) is 9.07. The number of rotatable bonds is 8. The average molecular weight is 727 g/mol. The van der Waals surface area contributed by atoms with E-state index in [1.165, 1.54) is 44.9 Å². The fraction of sp³-hybridized carbons (Fsp3) is 0.341. The van der Waals surface area contributed by atoms with Crippen LogP contribution in [0.4, 0.5) is 17.1 Å². The fourth-order valence-corrected chi connectivity index (χ4v) is 5.80. The molecule has 246 valence electrons. The van der Waals surface area contributed by atoms with Gasteiger partial charge in [-0.05, 0) is 52.0 Å². The first-order chi connectivity index (χ1) is 22.0. The maximum absolute atomic E-state index is 4.49. The molecule has 0 atom stereocenters. The second-order valence-electron chi connectivity index (χ2n) is 13.0. The molecule has 5 heteroatoms. The van der Waals surface area contributed by atoms with Crippen molar-refractivity contribution in [2.75, 3.05) is 28.8 Å². The van der Waals surface area contributed by atoms with Crippen molar-refractivity contribution in [1.29, 1.82) is 0 Å². The van der Waals surface area contributed by atoms with Crippen LogP contribution in [0, 0.1) is 12.7 Å². The molecule has 0 aromatic heterocycles. The van der Waals surface area contributed by atoms with Crippen LogP contribution >= 0.6 is 9.53 Å². The Kier molecular flexibility index (Phi) is 14.5. The molecule has 0 bridgehead atoms. The van der Waals surface area contributed by atoms with Crippen LogP contribution in [-0.4, -0.2) is 14.1 Å². The van der Waals surface area contributed by atoms with Crippen molar-refractivity contribution in [2.24, 2.45) is 0 Å². The number of benzene rings is 4. The van der Waals surface area contributed by atoms with Gasteiger partial charge in [-0.15, -0.1) is 35.9 Å². The molecule has 2 radical (unpaired) electrons. The molecule has 4 aromatic carbocycles. The summed E-state index contributed by atoms with van der Waals surface area (Å²) in [5.74, 6) is 1.84. The molecule has 0 aliphatic carbocycles. The van der Waals surface area contributed by atoms with Crippen molar-refractivity contribution in [3.8, 4) is 11.1 Å². The van der Waals surface area contributed by atoms with Gasteiger partial charge in [0, 0.05) is 32.2 Å². The van der Waals surface area contributed by atoms with Crippen molar-refractivity contribution >= 4 is 26.6 Å². The van der Waals surface area contributed by atoms with Gasteiger partial charge in [-0.1, -0.05) is 116 Å². The quantitative estimate of drug-likeness (QED) is 0.132. The summed E-state index contributed by atoms with van der Waals surface area (Å²) < 4.78 is 0. The normalized spacial score (nSPS) is 12.5. The van der Waals surface area contributed by atoms with Gasteiger partial charge >= 0.3 is 27.7 Å². The van der Waals surface area contributed by atoms with Gasteiger partial charge < -0.3 is 14.7 Å². The van der Waals surface area contributed by atoms with Gasteiger partial charge in [0.05, 0.1) is 11.4 Å². The summed E-state index contributed by atoms with van der Waals surface area (Å²) in [6.45, 7) is 21.8. The minimum atomic E-state index is 0.460. The molecule has 46 heavy (non-hydrogen) atoms. The molecule has 0 unspecified atom stereocenters. The van der Waals surface area contributed by atoms with Gasteiger partial charge in [-0.25, -0.2) is 0 Å². The Balaban J connectivity index is 0.000000283. The average Bonchev–Trinajstić information content (AvgIpc) is 3.55. The minimum absolute atomic E-state index is 0.460. The molecule has 0 N–H and O–H groups in total. The predicted molar refractivity (Wildman–Crippen MR) is 197 cm³/mol. The van der Waals surface area contributed by atoms with Crippen LogP contribution in [0.25, 0.3) is 11.1 Å². The van der Waals surface area contributed by atoms with Crippen molar-refractivity contribution < 1.29 is 18.2 Å². The molecule has 5 rings (SSSR count). The molecule has 0 spiro atoms. The second kappa shape index (κ2) is 17.8. The first-order valence-electron chi connectivity index (χ1n) is 16.1. The third-order valence-electron chi connectivity index (χ3n) is 8.13. The first kappa shape index (κ1) is 37.4. The zero-order valence-corrected chi connectivity index (χ0v) is 31.4. The van der Waals surface area contributed by atoms with Crippen LogP contribution in [0.15, 0.2) is 97.3 Å². The van der Waals surface area contributed by atoms with E-state index in [2.05, 4.69) is 204 Å². The van der Waals surface area contributed by atoms with Crippen molar-refractivity contribution in [3.05, 3.63) is 132 Å². The molecule has 3 nitrogen and oxygen atoms in total. The first-order valence-corrected chi connectivity index (χ1v) is 18.1. The van der Waals surface area contributed by atoms with Gasteiger partial charge in [0.2, 0.25) is 6.67 Å². The third-order valence-corrected chi connectivity index (χ3v) is 8.13. The van der Waals surface area contributed by atoms with Crippen LogP contribution in [0.3, 0.4) is 0 Å². The van der Waals surface area contributed by atoms with Crippen LogP contribution in [-0.2, 0) is 18.2 Å². The Hall–Kier alpha value is -3.03. The van der Waals surface area contributed by atoms with E-state index in [4.69, 9.17) is 0 Å². The van der Waals surface area contributed by atoms with Gasteiger partial charge in [0.15, 0.2) is 0 Å². The van der Waals surface area contributed by atoms with Gasteiger partial charge in [0.25, 0.3) is 0 Å². The zero-order valence-electron chi connectivity index (χ0n) is 29.1. The van der Waals surface area contributed by atoms with E-state index in [-0.39, 0.29) is 0 Å². The number of halogens is 1. The summed E-state index contributed by atoms with van der Waals surface area (Å²) in [6, 6.07) is 33.1. The molecular formula is C41H50ClN3Pd. The van der Waals surface area contributed by atoms with E-state index in [1.54, 1.807) is 0 Å². The Morgan fingerprint density at radius 2 is 1.00 bits per heavy atom. The molecule has 1 aliphatic heterocycles. The van der Waals surface area contributed by atoms with Gasteiger partial charge in [-0.2, -0.15) is 0 Å². The summed E-state index contributed by atoms with van der Waals surface area (Å²) in [6.07, 6.45) is 4.32. The van der Waals surface area contributed by atoms with Crippen LogP contribution in [0.1, 0.15) is 101 Å². The molecular weight excluding hydrogens is 676 g/mol. The number of hydrogen-bond acceptors (Lipinski definition) is 3. The van der Waals surface area contributed by atoms with Crippen LogP contribution in [0.2, 0.25) is 0 Å². The van der Waals surface area contributed by atoms with E-state index in [9.17, 15) is 0 Å². The molecule has 4 aromatic rings. The van der Waals surface area contributed by atoms with Crippen LogP contribution < -0.4 is 14.7 Å². The van der Waals surface area contributed by atoms with E-state index >= 15 is 0 Å². The van der Waals surface area contributed by atoms with Crippen LogP contribution in [0.5, 0.6) is 0 Å². The molecule has 1 aliphatic rings. The predicted octanol–water partition coefficient (Wildman–Crippen LogP) is 11.9. The monoisotopic (exact) mass is 725 g/mol. The van der Waals surface area contributed by atoms with E-state index in [0.29, 0.717) is 23.7 Å². The van der Waals surface area contributed by atoms with Crippen molar-refractivity contribution in [1.82, 2.24) is 0 Å². The second-order valence-corrected chi connectivity index (χ2v) is 13.0. The topological polar surface area (TPSA) is 9.72 Å². The Labute approximate surface area is 294 Å². The number of nitrogens with zero attached hydrogens (tertiary/aromatic N) is 3. The summed E-state index contributed by atoms with van der Waals surface area (Å²) in [7, 11) is 8.60. The molecule has 0 amide bonds. The van der Waals surface area contributed by atoms with Crippen molar-refractivity contribution in [2.45, 2.75) is 79.1 Å². The number of hydrogen-bond donors (Lipinski definition) is 0. The Morgan fingerprint density at radius 1 is 0.587 bits per heavy atom. The zero-order chi connectivity index (χ0) is 34.0. The number of para-hydroxylation sites is 3. The Bertz CT molecular complexity index is 1420. The maximum atomic E-state index is 4.49. The summed E-state index contributed by atoms with van der Waals surface area (Å²) >= 11 is 2.22. The SMILES string of the molecule is CC(C)c1cccc(C(C)C)c1N1[C]N(c2c(C(C)C)cccc2C(C)C)C=C1.CN(C)c1ccccc1-c1[c-]cccc1.[Cl][Pd+]. The standard InChI is InChI=1S/C27H36N2.C14H14N.ClH.Pd/c1-18(2)22-11-9-12-23(19(3)4)26(22)28-15-16-29(17-28)27-24(20(5)6)13-10-14-25(27)21(7)8;1-15(2)14-11-7-6-10-13(14)12-8-4-3-5-9-12;;/h9-16,18-21H,1-8H3;3-8,10-11H,1-2H3;1H;/q;-1;;+2/p-1.